The Morgan fingerprint density at radius 2 is 2.27 bits per heavy atom. The van der Waals surface area contributed by atoms with E-state index >= 15 is 0 Å². The van der Waals surface area contributed by atoms with Crippen molar-refractivity contribution in [2.75, 3.05) is 37.9 Å². The average Bonchev–Trinajstić information content (AvgIpc) is 3.23. The van der Waals surface area contributed by atoms with E-state index in [1.54, 1.807) is 24.2 Å². The molecule has 3 heterocycles. The zero-order valence-corrected chi connectivity index (χ0v) is 16.5. The first-order valence-electron chi connectivity index (χ1n) is 9.54. The molecule has 0 bridgehead atoms. The molecule has 30 heavy (non-hydrogen) atoms. The Morgan fingerprint density at radius 1 is 1.40 bits per heavy atom. The molecule has 10 nitrogen and oxygen atoms in total. The van der Waals surface area contributed by atoms with Gasteiger partial charge in [-0.25, -0.2) is 9.97 Å². The van der Waals surface area contributed by atoms with E-state index in [1.165, 1.54) is 12.4 Å². The Balaban J connectivity index is 1.61. The van der Waals surface area contributed by atoms with Gasteiger partial charge in [0.1, 0.15) is 11.8 Å². The summed E-state index contributed by atoms with van der Waals surface area (Å²) in [7, 11) is 1.63. The van der Waals surface area contributed by atoms with Gasteiger partial charge < -0.3 is 25.8 Å². The van der Waals surface area contributed by atoms with Crippen molar-refractivity contribution in [2.24, 2.45) is 0 Å². The number of ether oxygens (including phenoxy) is 2. The van der Waals surface area contributed by atoms with Gasteiger partial charge in [0.15, 0.2) is 11.5 Å². The van der Waals surface area contributed by atoms with Gasteiger partial charge in [0, 0.05) is 31.7 Å². The monoisotopic (exact) mass is 409 g/mol. The van der Waals surface area contributed by atoms with Gasteiger partial charge >= 0.3 is 0 Å². The molecule has 0 saturated carbocycles. The first kappa shape index (κ1) is 19.8. The van der Waals surface area contributed by atoms with Crippen LogP contribution in [0.3, 0.4) is 0 Å². The standard InChI is InChI=1S/C20H23N7O3/c1-29-15-4-2-3-13(9-15)18(16-11-22-7-8-30-16)27-12-14(10-25-27)26-20(28)17-19(21)24-6-5-23-17/h2-6,9-10,12,16,18,22H,7-8,11H2,1H3,(H2,21,24)(H,26,28)/t16-,18?/m1/s1. The molecule has 1 saturated heterocycles. The smallest absolute Gasteiger partial charge is 0.278 e. The minimum Gasteiger partial charge on any atom is -0.497 e. The molecule has 1 unspecified atom stereocenters. The number of rotatable bonds is 6. The third kappa shape index (κ3) is 4.24. The van der Waals surface area contributed by atoms with E-state index in [0.717, 1.165) is 17.9 Å². The summed E-state index contributed by atoms with van der Waals surface area (Å²) in [6.45, 7) is 2.10. The molecule has 4 N–H and O–H groups in total. The van der Waals surface area contributed by atoms with Crippen LogP contribution in [0.2, 0.25) is 0 Å². The van der Waals surface area contributed by atoms with Gasteiger partial charge in [0.2, 0.25) is 0 Å². The van der Waals surface area contributed by atoms with Crippen molar-refractivity contribution in [3.8, 4) is 5.75 Å². The molecule has 156 valence electrons. The number of carbonyl (C=O) groups is 1. The molecule has 0 radical (unpaired) electrons. The van der Waals surface area contributed by atoms with E-state index in [4.69, 9.17) is 15.2 Å². The highest BCUT2D eigenvalue weighted by atomic mass is 16.5. The van der Waals surface area contributed by atoms with Crippen LogP contribution in [-0.4, -0.2) is 58.6 Å². The molecule has 4 rings (SSSR count). The zero-order chi connectivity index (χ0) is 20.9. The molecule has 3 aromatic rings. The molecule has 1 amide bonds. The number of methoxy groups -OCH3 is 1. The molecule has 1 aliphatic heterocycles. The van der Waals surface area contributed by atoms with Gasteiger partial charge in [0.05, 0.1) is 31.7 Å². The molecule has 1 aromatic carbocycles. The van der Waals surface area contributed by atoms with E-state index in [-0.39, 0.29) is 23.7 Å². The van der Waals surface area contributed by atoms with Gasteiger partial charge in [-0.15, -0.1) is 0 Å². The topological polar surface area (TPSA) is 129 Å². The number of benzene rings is 1. The number of anilines is 2. The quantitative estimate of drug-likeness (QED) is 0.552. The Kier molecular flexibility index (Phi) is 5.87. The summed E-state index contributed by atoms with van der Waals surface area (Å²) in [6, 6.07) is 7.58. The number of amides is 1. The lowest BCUT2D eigenvalue weighted by Crippen LogP contribution is -2.44. The predicted octanol–water partition coefficient (Wildman–Crippen LogP) is 1.09. The maximum absolute atomic E-state index is 12.5. The Hall–Kier alpha value is -3.50. The van der Waals surface area contributed by atoms with E-state index in [2.05, 4.69) is 25.7 Å². The summed E-state index contributed by atoms with van der Waals surface area (Å²) in [5, 5.41) is 10.6. The molecule has 2 atom stereocenters. The van der Waals surface area contributed by atoms with Crippen LogP contribution >= 0.6 is 0 Å². The van der Waals surface area contributed by atoms with Crippen LogP contribution in [0.1, 0.15) is 22.1 Å². The lowest BCUT2D eigenvalue weighted by Gasteiger charge is -2.31. The van der Waals surface area contributed by atoms with Crippen LogP contribution in [-0.2, 0) is 4.74 Å². The molecule has 1 aliphatic rings. The summed E-state index contributed by atoms with van der Waals surface area (Å²) < 4.78 is 13.2. The van der Waals surface area contributed by atoms with Crippen LogP contribution < -0.4 is 21.1 Å². The first-order chi connectivity index (χ1) is 14.7. The molecule has 1 fully saturated rings. The fourth-order valence-electron chi connectivity index (χ4n) is 3.42. The van der Waals surface area contributed by atoms with Gasteiger partial charge in [-0.05, 0) is 17.7 Å². The van der Waals surface area contributed by atoms with E-state index < -0.39 is 5.91 Å². The highest BCUT2D eigenvalue weighted by molar-refractivity contribution is 6.05. The Labute approximate surface area is 173 Å². The molecule has 0 aliphatic carbocycles. The van der Waals surface area contributed by atoms with Gasteiger partial charge in [0.25, 0.3) is 5.91 Å². The van der Waals surface area contributed by atoms with Gasteiger partial charge in [-0.2, -0.15) is 5.10 Å². The number of carbonyl (C=O) groups excluding carboxylic acids is 1. The second kappa shape index (κ2) is 8.89. The Morgan fingerprint density at radius 3 is 3.03 bits per heavy atom. The van der Waals surface area contributed by atoms with Crippen LogP contribution in [0, 0.1) is 0 Å². The van der Waals surface area contributed by atoms with Crippen LogP contribution in [0.4, 0.5) is 11.5 Å². The molecular weight excluding hydrogens is 386 g/mol. The summed E-state index contributed by atoms with van der Waals surface area (Å²) in [6.07, 6.45) is 6.05. The number of nitrogen functional groups attached to an aromatic ring is 1. The van der Waals surface area contributed by atoms with Crippen molar-refractivity contribution in [3.63, 3.8) is 0 Å². The van der Waals surface area contributed by atoms with E-state index in [9.17, 15) is 4.79 Å². The normalized spacial score (nSPS) is 17.3. The number of hydrogen-bond acceptors (Lipinski definition) is 8. The average molecular weight is 409 g/mol. The van der Waals surface area contributed by atoms with Crippen molar-refractivity contribution >= 4 is 17.4 Å². The summed E-state index contributed by atoms with van der Waals surface area (Å²) in [5.74, 6) is 0.368. The first-order valence-corrected chi connectivity index (χ1v) is 9.54. The number of hydrogen-bond donors (Lipinski definition) is 3. The van der Waals surface area contributed by atoms with Crippen molar-refractivity contribution < 1.29 is 14.3 Å². The highest BCUT2D eigenvalue weighted by Crippen LogP contribution is 2.28. The second-order valence-corrected chi connectivity index (χ2v) is 6.79. The van der Waals surface area contributed by atoms with Crippen molar-refractivity contribution in [2.45, 2.75) is 12.1 Å². The van der Waals surface area contributed by atoms with Crippen molar-refractivity contribution in [1.82, 2.24) is 25.1 Å². The van der Waals surface area contributed by atoms with Crippen LogP contribution in [0.5, 0.6) is 5.75 Å². The third-order valence-electron chi connectivity index (χ3n) is 4.83. The number of nitrogens with zero attached hydrogens (tertiary/aromatic N) is 4. The highest BCUT2D eigenvalue weighted by Gasteiger charge is 2.29. The predicted molar refractivity (Wildman–Crippen MR) is 110 cm³/mol. The minimum atomic E-state index is -0.450. The van der Waals surface area contributed by atoms with Crippen LogP contribution in [0.25, 0.3) is 0 Å². The molecule has 10 heteroatoms. The molecular formula is C20H23N7O3. The molecule has 0 spiro atoms. The maximum Gasteiger partial charge on any atom is 0.278 e. The zero-order valence-electron chi connectivity index (χ0n) is 16.5. The lowest BCUT2D eigenvalue weighted by molar-refractivity contribution is 0.00217. The number of morpholine rings is 1. The van der Waals surface area contributed by atoms with E-state index in [1.807, 2.05) is 24.3 Å². The largest absolute Gasteiger partial charge is 0.497 e. The number of aromatic nitrogens is 4. The second-order valence-electron chi connectivity index (χ2n) is 6.79. The van der Waals surface area contributed by atoms with Gasteiger partial charge in [-0.3, -0.25) is 9.48 Å². The van der Waals surface area contributed by atoms with Gasteiger partial charge in [-0.1, -0.05) is 12.1 Å². The third-order valence-corrected chi connectivity index (χ3v) is 4.83. The number of nitrogens with two attached hydrogens (primary N) is 1. The van der Waals surface area contributed by atoms with E-state index in [0.29, 0.717) is 18.8 Å². The van der Waals surface area contributed by atoms with Crippen molar-refractivity contribution in [3.05, 3.63) is 60.3 Å². The number of nitrogens with one attached hydrogen (secondary N) is 2. The summed E-state index contributed by atoms with van der Waals surface area (Å²) >= 11 is 0. The minimum absolute atomic E-state index is 0.0643. The maximum atomic E-state index is 12.5. The van der Waals surface area contributed by atoms with Crippen LogP contribution in [0.15, 0.2) is 49.1 Å². The Bertz CT molecular complexity index is 1020. The summed E-state index contributed by atoms with van der Waals surface area (Å²) in [4.78, 5) is 20.4. The summed E-state index contributed by atoms with van der Waals surface area (Å²) in [5.41, 5.74) is 7.31. The molecule has 2 aromatic heterocycles. The fraction of sp³-hybridized carbons (Fsp3) is 0.300. The lowest BCUT2D eigenvalue weighted by atomic mass is 10.0. The SMILES string of the molecule is COc1cccc(C([C@H]2CNCCO2)n2cc(NC(=O)c3nccnc3N)cn2)c1. The van der Waals surface area contributed by atoms with Crippen molar-refractivity contribution in [1.29, 1.82) is 0 Å². The fourth-order valence-corrected chi connectivity index (χ4v) is 3.42.